The first-order valence-corrected chi connectivity index (χ1v) is 11.6. The summed E-state index contributed by atoms with van der Waals surface area (Å²) in [6.07, 6.45) is 1.65. The molecule has 0 unspecified atom stereocenters. The largest absolute Gasteiger partial charge is 0.465 e. The predicted molar refractivity (Wildman–Crippen MR) is 138 cm³/mol. The Hall–Kier alpha value is -4.77. The number of non-ortho nitro benzene ring substituents is 1. The van der Waals surface area contributed by atoms with Crippen LogP contribution in [0.3, 0.4) is 0 Å². The molecule has 11 heteroatoms. The van der Waals surface area contributed by atoms with Crippen molar-refractivity contribution in [1.82, 2.24) is 14.7 Å². The van der Waals surface area contributed by atoms with Gasteiger partial charge in [-0.15, -0.1) is 0 Å². The number of nitrogens with two attached hydrogens (primary N) is 1. The van der Waals surface area contributed by atoms with Gasteiger partial charge in [-0.05, 0) is 30.2 Å². The van der Waals surface area contributed by atoms with Crippen molar-refractivity contribution in [2.45, 2.75) is 20.0 Å². The van der Waals surface area contributed by atoms with Gasteiger partial charge in [-0.1, -0.05) is 36.4 Å². The van der Waals surface area contributed by atoms with Gasteiger partial charge in [0.2, 0.25) is 0 Å². The summed E-state index contributed by atoms with van der Waals surface area (Å²) in [6, 6.07) is 16.9. The lowest BCUT2D eigenvalue weighted by molar-refractivity contribution is -0.384. The van der Waals surface area contributed by atoms with Crippen molar-refractivity contribution in [2.24, 2.45) is 5.73 Å². The van der Waals surface area contributed by atoms with Gasteiger partial charge in [0.05, 0.1) is 11.5 Å². The van der Waals surface area contributed by atoms with Crippen LogP contribution in [-0.2, 0) is 22.6 Å². The maximum atomic E-state index is 12.9. The molecule has 0 spiro atoms. The van der Waals surface area contributed by atoms with Crippen LogP contribution in [0.1, 0.15) is 28.4 Å². The van der Waals surface area contributed by atoms with E-state index in [1.54, 1.807) is 41.8 Å². The van der Waals surface area contributed by atoms with Crippen molar-refractivity contribution in [3.8, 4) is 11.3 Å². The Kier molecular flexibility index (Phi) is 7.74. The number of aromatic nitrogens is 2. The second kappa shape index (κ2) is 11.3. The summed E-state index contributed by atoms with van der Waals surface area (Å²) < 4.78 is 6.67. The zero-order valence-electron chi connectivity index (χ0n) is 20.1. The Balaban J connectivity index is 1.65. The molecule has 0 aliphatic rings. The van der Waals surface area contributed by atoms with Crippen LogP contribution in [-0.4, -0.2) is 39.3 Å². The molecule has 2 aromatic heterocycles. The fourth-order valence-corrected chi connectivity index (χ4v) is 3.84. The van der Waals surface area contributed by atoms with Crippen LogP contribution in [0.2, 0.25) is 0 Å². The Labute approximate surface area is 212 Å². The molecule has 2 aromatic carbocycles. The first kappa shape index (κ1) is 25.3. The number of hydrogen-bond acceptors (Lipinski definition) is 8. The van der Waals surface area contributed by atoms with E-state index in [4.69, 9.17) is 10.5 Å². The number of anilines is 1. The standard InChI is InChI=1S/C26H26N6O5/c1-2-37-23(33)16-28-25-24(19-7-4-8-21(12-19)32(35)36)30-22-13-20(9-10-31(22)25)26(34)29-15-18-6-3-5-17(11-18)14-27/h3-13,28H,2,14-16,27H2,1H3,(H,29,34). The topological polar surface area (TPSA) is 154 Å². The van der Waals surface area contributed by atoms with E-state index in [-0.39, 0.29) is 24.7 Å². The summed E-state index contributed by atoms with van der Waals surface area (Å²) in [5, 5.41) is 17.2. The van der Waals surface area contributed by atoms with Gasteiger partial charge in [0, 0.05) is 42.5 Å². The number of rotatable bonds is 10. The van der Waals surface area contributed by atoms with Crippen LogP contribution in [0.15, 0.2) is 66.9 Å². The Bertz CT molecular complexity index is 1470. The minimum atomic E-state index is -0.489. The molecule has 37 heavy (non-hydrogen) atoms. The molecule has 0 atom stereocenters. The molecule has 11 nitrogen and oxygen atoms in total. The fourth-order valence-electron chi connectivity index (χ4n) is 3.84. The monoisotopic (exact) mass is 502 g/mol. The molecule has 0 saturated heterocycles. The third-order valence-electron chi connectivity index (χ3n) is 5.60. The maximum absolute atomic E-state index is 12.9. The normalized spacial score (nSPS) is 10.8. The molecule has 0 aliphatic carbocycles. The number of nitrogens with zero attached hydrogens (tertiary/aromatic N) is 3. The van der Waals surface area contributed by atoms with Crippen LogP contribution in [0.5, 0.6) is 0 Å². The number of pyridine rings is 1. The second-order valence-electron chi connectivity index (χ2n) is 8.13. The molecule has 2 heterocycles. The summed E-state index contributed by atoms with van der Waals surface area (Å²) in [6.45, 7) is 2.56. The molecule has 0 saturated carbocycles. The minimum absolute atomic E-state index is 0.0929. The van der Waals surface area contributed by atoms with Gasteiger partial charge in [-0.2, -0.15) is 0 Å². The highest BCUT2D eigenvalue weighted by atomic mass is 16.6. The van der Waals surface area contributed by atoms with Crippen LogP contribution < -0.4 is 16.4 Å². The van der Waals surface area contributed by atoms with E-state index >= 15 is 0 Å². The van der Waals surface area contributed by atoms with Crippen LogP contribution in [0.4, 0.5) is 11.5 Å². The summed E-state index contributed by atoms with van der Waals surface area (Å²) in [5.41, 5.74) is 9.18. The first-order chi connectivity index (χ1) is 17.9. The molecule has 0 radical (unpaired) electrons. The van der Waals surface area contributed by atoms with Crippen molar-refractivity contribution in [2.75, 3.05) is 18.5 Å². The number of amides is 1. The first-order valence-electron chi connectivity index (χ1n) is 11.6. The number of esters is 1. The molecule has 0 aliphatic heterocycles. The number of imidazole rings is 1. The van der Waals surface area contributed by atoms with Gasteiger partial charge in [0.1, 0.15) is 23.7 Å². The zero-order valence-corrected chi connectivity index (χ0v) is 20.1. The zero-order chi connectivity index (χ0) is 26.4. The van der Waals surface area contributed by atoms with Crippen molar-refractivity contribution in [3.05, 3.63) is 93.7 Å². The molecule has 4 rings (SSSR count). The molecule has 0 bridgehead atoms. The number of carbonyl (C=O) groups excluding carboxylic acids is 2. The molecule has 190 valence electrons. The third-order valence-corrected chi connectivity index (χ3v) is 5.60. The molecule has 1 amide bonds. The van der Waals surface area contributed by atoms with Crippen LogP contribution in [0.25, 0.3) is 16.9 Å². The molecular formula is C26H26N6O5. The SMILES string of the molecule is CCOC(=O)CNc1c(-c2cccc([N+](=O)[O-])c2)nc2cc(C(=O)NCc3cccc(CN)c3)ccn12. The molecule has 0 fully saturated rings. The smallest absolute Gasteiger partial charge is 0.325 e. The van der Waals surface area contributed by atoms with Crippen molar-refractivity contribution < 1.29 is 19.2 Å². The van der Waals surface area contributed by atoms with E-state index in [2.05, 4.69) is 15.6 Å². The van der Waals surface area contributed by atoms with Gasteiger partial charge in [-0.25, -0.2) is 4.98 Å². The van der Waals surface area contributed by atoms with Gasteiger partial charge >= 0.3 is 5.97 Å². The number of fused-ring (bicyclic) bond motifs is 1. The molecule has 4 N–H and O–H groups in total. The number of benzene rings is 2. The Morgan fingerprint density at radius 3 is 2.65 bits per heavy atom. The predicted octanol–water partition coefficient (Wildman–Crippen LogP) is 3.27. The molecular weight excluding hydrogens is 476 g/mol. The number of hydrogen-bond donors (Lipinski definition) is 3. The van der Waals surface area contributed by atoms with E-state index in [1.807, 2.05) is 24.3 Å². The Morgan fingerprint density at radius 1 is 1.11 bits per heavy atom. The summed E-state index contributed by atoms with van der Waals surface area (Å²) in [7, 11) is 0. The number of ether oxygens (including phenoxy) is 1. The van der Waals surface area contributed by atoms with Gasteiger partial charge in [-0.3, -0.25) is 24.1 Å². The van der Waals surface area contributed by atoms with E-state index < -0.39 is 10.9 Å². The number of nitrogens with one attached hydrogen (secondary N) is 2. The van der Waals surface area contributed by atoms with Crippen molar-refractivity contribution in [3.63, 3.8) is 0 Å². The second-order valence-corrected chi connectivity index (χ2v) is 8.13. The van der Waals surface area contributed by atoms with E-state index in [1.165, 1.54) is 12.1 Å². The third kappa shape index (κ3) is 5.90. The lowest BCUT2D eigenvalue weighted by Gasteiger charge is -2.09. The highest BCUT2D eigenvalue weighted by Gasteiger charge is 2.19. The van der Waals surface area contributed by atoms with Gasteiger partial charge in [0.15, 0.2) is 0 Å². The quantitative estimate of drug-likeness (QED) is 0.170. The van der Waals surface area contributed by atoms with Crippen LogP contribution in [0, 0.1) is 10.1 Å². The number of nitro benzene ring substituents is 1. The average molecular weight is 503 g/mol. The lowest BCUT2D eigenvalue weighted by atomic mass is 10.1. The van der Waals surface area contributed by atoms with E-state index in [9.17, 15) is 19.7 Å². The summed E-state index contributed by atoms with van der Waals surface area (Å²) >= 11 is 0. The highest BCUT2D eigenvalue weighted by Crippen LogP contribution is 2.31. The number of nitro groups is 1. The average Bonchev–Trinajstić information content (AvgIpc) is 3.28. The summed E-state index contributed by atoms with van der Waals surface area (Å²) in [4.78, 5) is 40.3. The van der Waals surface area contributed by atoms with E-state index in [0.29, 0.717) is 41.4 Å². The van der Waals surface area contributed by atoms with E-state index in [0.717, 1.165) is 11.1 Å². The number of carbonyl (C=O) groups is 2. The maximum Gasteiger partial charge on any atom is 0.325 e. The van der Waals surface area contributed by atoms with Crippen molar-refractivity contribution in [1.29, 1.82) is 0 Å². The fraction of sp³-hybridized carbons (Fsp3) is 0.192. The summed E-state index contributed by atoms with van der Waals surface area (Å²) in [5.74, 6) is -0.312. The highest BCUT2D eigenvalue weighted by molar-refractivity contribution is 5.95. The van der Waals surface area contributed by atoms with Gasteiger partial charge in [0.25, 0.3) is 11.6 Å². The lowest BCUT2D eigenvalue weighted by Crippen LogP contribution is -2.23. The molecule has 4 aromatic rings. The van der Waals surface area contributed by atoms with Crippen LogP contribution >= 0.6 is 0 Å². The van der Waals surface area contributed by atoms with Crippen molar-refractivity contribution >= 4 is 29.0 Å². The van der Waals surface area contributed by atoms with Gasteiger partial charge < -0.3 is 21.1 Å². The minimum Gasteiger partial charge on any atom is -0.465 e. The Morgan fingerprint density at radius 2 is 1.89 bits per heavy atom.